The molecule has 40 heavy (non-hydrogen) atoms. The highest BCUT2D eigenvalue weighted by molar-refractivity contribution is 5.89. The van der Waals surface area contributed by atoms with E-state index in [2.05, 4.69) is 0 Å². The molecule has 0 radical (unpaired) electrons. The number of ether oxygens (including phenoxy) is 3. The van der Waals surface area contributed by atoms with Crippen molar-refractivity contribution in [1.82, 2.24) is 0 Å². The van der Waals surface area contributed by atoms with Gasteiger partial charge in [-0.1, -0.05) is 18.2 Å². The van der Waals surface area contributed by atoms with Gasteiger partial charge in [-0.3, -0.25) is 4.79 Å². The van der Waals surface area contributed by atoms with E-state index in [-0.39, 0.29) is 39.4 Å². The van der Waals surface area contributed by atoms with Gasteiger partial charge in [0.2, 0.25) is 17.5 Å². The van der Waals surface area contributed by atoms with Crippen LogP contribution in [0.3, 0.4) is 0 Å². The summed E-state index contributed by atoms with van der Waals surface area (Å²) < 4.78 is 22.3. The maximum atomic E-state index is 13.5. The van der Waals surface area contributed by atoms with Crippen LogP contribution in [0.15, 0.2) is 75.9 Å². The largest absolute Gasteiger partial charge is 0.508 e. The first kappa shape index (κ1) is 27.0. The molecule has 1 aromatic heterocycles. The Morgan fingerprint density at radius 3 is 2.25 bits per heavy atom. The molecule has 12 heteroatoms. The summed E-state index contributed by atoms with van der Waals surface area (Å²) in [5.74, 6) is -2.57. The van der Waals surface area contributed by atoms with Gasteiger partial charge in [-0.25, -0.2) is 4.79 Å². The number of aliphatic hydroxyl groups excluding tert-OH is 3. The average Bonchev–Trinajstić information content (AvgIpc) is 2.94. The molecule has 0 spiro atoms. The van der Waals surface area contributed by atoms with Gasteiger partial charge >= 0.3 is 5.97 Å². The Morgan fingerprint density at radius 2 is 1.55 bits per heavy atom. The minimum atomic E-state index is -1.87. The van der Waals surface area contributed by atoms with Gasteiger partial charge in [0.1, 0.15) is 59.2 Å². The normalized spacial score (nSPS) is 22.6. The van der Waals surface area contributed by atoms with Crippen molar-refractivity contribution in [3.8, 4) is 34.3 Å². The first-order chi connectivity index (χ1) is 19.1. The van der Waals surface area contributed by atoms with E-state index < -0.39 is 60.2 Å². The molecule has 0 amide bonds. The van der Waals surface area contributed by atoms with Gasteiger partial charge in [0.25, 0.3) is 0 Å². The number of benzene rings is 3. The number of hydrogen-bond acceptors (Lipinski definition) is 12. The average molecular weight is 552 g/mol. The van der Waals surface area contributed by atoms with E-state index in [4.69, 9.17) is 18.6 Å². The summed E-state index contributed by atoms with van der Waals surface area (Å²) in [6.45, 7) is -0.532. The lowest BCUT2D eigenvalue weighted by atomic mass is 9.99. The lowest BCUT2D eigenvalue weighted by Gasteiger charge is -2.39. The quantitative estimate of drug-likeness (QED) is 0.189. The van der Waals surface area contributed by atoms with Crippen LogP contribution in [0.4, 0.5) is 0 Å². The second-order valence-corrected chi connectivity index (χ2v) is 9.07. The summed E-state index contributed by atoms with van der Waals surface area (Å²) in [5.41, 5.74) is -0.636. The molecule has 6 N–H and O–H groups in total. The predicted molar refractivity (Wildman–Crippen MR) is 137 cm³/mol. The van der Waals surface area contributed by atoms with Crippen LogP contribution in [-0.2, 0) is 9.47 Å². The van der Waals surface area contributed by atoms with E-state index in [1.807, 2.05) is 0 Å². The Balaban J connectivity index is 1.49. The van der Waals surface area contributed by atoms with Crippen LogP contribution in [0.25, 0.3) is 22.3 Å². The number of phenolic OH excluding ortho intramolecular Hbond substituents is 3. The smallest absolute Gasteiger partial charge is 0.338 e. The standard InChI is InChI=1S/C28H24O12/c29-15-8-6-13(7-9-15)25-26(22(33)20-17(31)10-16(30)11-18(20)38-25)40-28-24(35)23(34)21(32)19(39-28)12-37-27(36)14-4-2-1-3-5-14/h1-11,19,21,23-24,28-32,34-35H,12H2/t19-,21-,23-,24-,28-/m1/s1. The Hall–Kier alpha value is -4.62. The third-order valence-corrected chi connectivity index (χ3v) is 6.34. The molecule has 3 aromatic carbocycles. The zero-order valence-electron chi connectivity index (χ0n) is 20.6. The molecule has 1 saturated heterocycles. The second-order valence-electron chi connectivity index (χ2n) is 9.07. The van der Waals surface area contributed by atoms with E-state index in [0.29, 0.717) is 0 Å². The van der Waals surface area contributed by atoms with E-state index >= 15 is 0 Å². The molecule has 5 rings (SSSR count). The molecule has 0 saturated carbocycles. The van der Waals surface area contributed by atoms with Crippen LogP contribution in [0, 0.1) is 0 Å². The highest BCUT2D eigenvalue weighted by Gasteiger charge is 2.46. The molecule has 208 valence electrons. The molecule has 0 aliphatic carbocycles. The van der Waals surface area contributed by atoms with E-state index in [9.17, 15) is 40.2 Å². The zero-order chi connectivity index (χ0) is 28.6. The summed E-state index contributed by atoms with van der Waals surface area (Å²) in [5, 5.41) is 61.1. The van der Waals surface area contributed by atoms with Gasteiger partial charge < -0.3 is 49.3 Å². The molecule has 1 aliphatic rings. The number of esters is 1. The molecule has 1 fully saturated rings. The van der Waals surface area contributed by atoms with Crippen molar-refractivity contribution in [2.24, 2.45) is 0 Å². The van der Waals surface area contributed by atoms with Crippen LogP contribution >= 0.6 is 0 Å². The van der Waals surface area contributed by atoms with Crippen LogP contribution in [0.1, 0.15) is 10.4 Å². The topological polar surface area (TPSA) is 196 Å². The van der Waals surface area contributed by atoms with Crippen molar-refractivity contribution in [3.05, 3.63) is 82.5 Å². The zero-order valence-corrected chi connectivity index (χ0v) is 20.6. The van der Waals surface area contributed by atoms with E-state index in [0.717, 1.165) is 12.1 Å². The van der Waals surface area contributed by atoms with Gasteiger partial charge in [-0.15, -0.1) is 0 Å². The van der Waals surface area contributed by atoms with Gasteiger partial charge in [0, 0.05) is 17.7 Å². The highest BCUT2D eigenvalue weighted by atomic mass is 16.7. The number of carbonyl (C=O) groups excluding carboxylic acids is 1. The highest BCUT2D eigenvalue weighted by Crippen LogP contribution is 2.37. The van der Waals surface area contributed by atoms with Gasteiger partial charge in [-0.2, -0.15) is 0 Å². The van der Waals surface area contributed by atoms with E-state index in [1.165, 1.54) is 36.4 Å². The fourth-order valence-corrected chi connectivity index (χ4v) is 4.26. The summed E-state index contributed by atoms with van der Waals surface area (Å²) in [6, 6.07) is 15.5. The summed E-state index contributed by atoms with van der Waals surface area (Å²) in [7, 11) is 0. The van der Waals surface area contributed by atoms with Crippen LogP contribution in [-0.4, -0.2) is 73.9 Å². The maximum Gasteiger partial charge on any atom is 0.338 e. The van der Waals surface area contributed by atoms with Crippen LogP contribution < -0.4 is 10.2 Å². The third kappa shape index (κ3) is 5.16. The first-order valence-electron chi connectivity index (χ1n) is 12.0. The lowest BCUT2D eigenvalue weighted by molar-refractivity contribution is -0.277. The van der Waals surface area contributed by atoms with Crippen molar-refractivity contribution < 1.29 is 54.1 Å². The number of phenols is 3. The first-order valence-corrected chi connectivity index (χ1v) is 12.0. The molecule has 12 nitrogen and oxygen atoms in total. The molecular formula is C28H24O12. The van der Waals surface area contributed by atoms with Gasteiger partial charge in [0.15, 0.2) is 5.76 Å². The van der Waals surface area contributed by atoms with Crippen LogP contribution in [0.2, 0.25) is 0 Å². The Labute approximate surface area is 225 Å². The third-order valence-electron chi connectivity index (χ3n) is 6.34. The SMILES string of the molecule is O=C(OC[C@H]1O[C@H](Oc2c(-c3ccc(O)cc3)oc3cc(O)cc(O)c3c2=O)[C@H](O)[C@H](O)[C@@H]1O)c1ccccc1. The number of carbonyl (C=O) groups is 1. The van der Waals surface area contributed by atoms with Gasteiger partial charge in [-0.05, 0) is 36.4 Å². The van der Waals surface area contributed by atoms with Crippen molar-refractivity contribution in [2.75, 3.05) is 6.61 Å². The summed E-state index contributed by atoms with van der Waals surface area (Å²) in [6.07, 6.45) is -8.52. The van der Waals surface area contributed by atoms with Crippen LogP contribution in [0.5, 0.6) is 23.0 Å². The molecule has 4 aromatic rings. The van der Waals surface area contributed by atoms with Crippen molar-refractivity contribution in [2.45, 2.75) is 30.7 Å². The van der Waals surface area contributed by atoms with Crippen molar-refractivity contribution >= 4 is 16.9 Å². The minimum Gasteiger partial charge on any atom is -0.508 e. The Morgan fingerprint density at radius 1 is 0.850 bits per heavy atom. The number of aliphatic hydroxyl groups is 3. The van der Waals surface area contributed by atoms with Crippen molar-refractivity contribution in [1.29, 1.82) is 0 Å². The monoisotopic (exact) mass is 552 g/mol. The fourth-order valence-electron chi connectivity index (χ4n) is 4.26. The van der Waals surface area contributed by atoms with Crippen molar-refractivity contribution in [3.63, 3.8) is 0 Å². The molecule has 0 bridgehead atoms. The summed E-state index contributed by atoms with van der Waals surface area (Å²) >= 11 is 0. The van der Waals surface area contributed by atoms with Gasteiger partial charge in [0.05, 0.1) is 5.56 Å². The molecule has 0 unspecified atom stereocenters. The second kappa shape index (κ2) is 10.9. The Kier molecular flexibility index (Phi) is 7.32. The number of aromatic hydroxyl groups is 3. The molecule has 1 aliphatic heterocycles. The predicted octanol–water partition coefficient (Wildman–Crippen LogP) is 1.62. The minimum absolute atomic E-state index is 0.0827. The number of fused-ring (bicyclic) bond motifs is 1. The molecule has 2 heterocycles. The fraction of sp³-hybridized carbons (Fsp3) is 0.214. The molecule has 5 atom stereocenters. The Bertz CT molecular complexity index is 1580. The van der Waals surface area contributed by atoms with E-state index in [1.54, 1.807) is 18.2 Å². The lowest BCUT2D eigenvalue weighted by Crippen LogP contribution is -2.60. The molecular weight excluding hydrogens is 528 g/mol. The summed E-state index contributed by atoms with van der Waals surface area (Å²) in [4.78, 5) is 25.9. The number of rotatable bonds is 6. The number of hydrogen-bond donors (Lipinski definition) is 6. The maximum absolute atomic E-state index is 13.5.